The van der Waals surface area contributed by atoms with Crippen molar-refractivity contribution in [3.63, 3.8) is 0 Å². The second kappa shape index (κ2) is 7.19. The van der Waals surface area contributed by atoms with Gasteiger partial charge in [-0.1, -0.05) is 0 Å². The fourth-order valence-electron chi connectivity index (χ4n) is 3.00. The van der Waals surface area contributed by atoms with Gasteiger partial charge in [-0.3, -0.25) is 9.56 Å². The number of aromatic nitrogens is 1. The van der Waals surface area contributed by atoms with E-state index in [1.807, 2.05) is 18.2 Å². The molecular weight excluding hydrogens is 412 g/mol. The lowest BCUT2D eigenvalue weighted by atomic mass is 10.1. The van der Waals surface area contributed by atoms with Crippen LogP contribution in [0.15, 0.2) is 41.4 Å². The molecule has 29 heavy (non-hydrogen) atoms. The number of aliphatic imine (C=N–C) groups is 1. The number of fused-ring (bicyclic) bond motifs is 1. The molecule has 0 bridgehead atoms. The first-order chi connectivity index (χ1) is 13.9. The first-order valence-electron chi connectivity index (χ1n) is 8.34. The van der Waals surface area contributed by atoms with Crippen molar-refractivity contribution in [2.75, 3.05) is 7.11 Å². The van der Waals surface area contributed by atoms with E-state index in [0.29, 0.717) is 20.3 Å². The van der Waals surface area contributed by atoms with Gasteiger partial charge in [0.15, 0.2) is 3.95 Å². The van der Waals surface area contributed by atoms with Gasteiger partial charge < -0.3 is 20.1 Å². The van der Waals surface area contributed by atoms with Crippen molar-refractivity contribution in [1.29, 1.82) is 0 Å². The van der Waals surface area contributed by atoms with Gasteiger partial charge in [0, 0.05) is 29.5 Å². The molecule has 146 valence electrons. The summed E-state index contributed by atoms with van der Waals surface area (Å²) in [7, 11) is 1.59. The number of hydrogen-bond acceptors (Lipinski definition) is 7. The highest BCUT2D eigenvalue weighted by Crippen LogP contribution is 2.38. The van der Waals surface area contributed by atoms with E-state index < -0.39 is 11.7 Å². The number of methoxy groups -OCH3 is 1. The summed E-state index contributed by atoms with van der Waals surface area (Å²) in [5.74, 6) is -1.05. The molecule has 2 aromatic carbocycles. The summed E-state index contributed by atoms with van der Waals surface area (Å²) in [6.45, 7) is 0. The molecule has 1 aromatic heterocycles. The highest BCUT2D eigenvalue weighted by atomic mass is 32.1. The van der Waals surface area contributed by atoms with Gasteiger partial charge in [-0.15, -0.1) is 11.3 Å². The Labute approximate surface area is 174 Å². The molecule has 0 spiro atoms. The van der Waals surface area contributed by atoms with Crippen LogP contribution in [0.2, 0.25) is 0 Å². The van der Waals surface area contributed by atoms with Gasteiger partial charge >= 0.3 is 5.97 Å². The Morgan fingerprint density at radius 3 is 2.72 bits per heavy atom. The normalized spacial score (nSPS) is 13.6. The number of hydrogen-bond donors (Lipinski definition) is 3. The number of nitrogens with zero attached hydrogens (tertiary/aromatic N) is 2. The average Bonchev–Trinajstić information content (AvgIpc) is 3.21. The molecule has 0 atom stereocenters. The lowest BCUT2D eigenvalue weighted by molar-refractivity contribution is 0.0693. The van der Waals surface area contributed by atoms with Crippen LogP contribution >= 0.6 is 23.6 Å². The fourth-order valence-corrected chi connectivity index (χ4v) is 4.30. The number of ether oxygens (including phenoxy) is 1. The summed E-state index contributed by atoms with van der Waals surface area (Å²) in [5.41, 5.74) is 2.62. The Bertz CT molecular complexity index is 1270. The zero-order chi connectivity index (χ0) is 20.7. The van der Waals surface area contributed by atoms with Gasteiger partial charge in [-0.05, 0) is 42.6 Å². The third-order valence-electron chi connectivity index (χ3n) is 4.43. The van der Waals surface area contributed by atoms with Crippen LogP contribution in [0.5, 0.6) is 17.4 Å². The molecule has 3 N–H and O–H groups in total. The highest BCUT2D eigenvalue weighted by molar-refractivity contribution is 7.73. The van der Waals surface area contributed by atoms with Crippen LogP contribution < -0.4 is 4.74 Å². The zero-order valence-electron chi connectivity index (χ0n) is 15.0. The van der Waals surface area contributed by atoms with Gasteiger partial charge in [-0.2, -0.15) is 0 Å². The second-order valence-electron chi connectivity index (χ2n) is 6.14. The van der Waals surface area contributed by atoms with E-state index in [9.17, 15) is 15.0 Å². The minimum atomic E-state index is -1.24. The minimum Gasteiger partial charge on any atom is -0.507 e. The zero-order valence-corrected chi connectivity index (χ0v) is 16.6. The number of carbonyl (C=O) groups is 1. The Balaban J connectivity index is 1.76. The molecule has 0 saturated carbocycles. The number of rotatable bonds is 4. The lowest BCUT2D eigenvalue weighted by Gasteiger charge is -2.07. The van der Waals surface area contributed by atoms with Crippen LogP contribution in [0.25, 0.3) is 17.3 Å². The number of carboxylic acid groups (broad SMARTS) is 1. The van der Waals surface area contributed by atoms with Crippen molar-refractivity contribution in [3.05, 3.63) is 56.4 Å². The number of benzene rings is 2. The molecule has 3 aromatic rings. The predicted octanol–water partition coefficient (Wildman–Crippen LogP) is 4.64. The largest absolute Gasteiger partial charge is 0.507 e. The van der Waals surface area contributed by atoms with Crippen molar-refractivity contribution < 1.29 is 24.9 Å². The van der Waals surface area contributed by atoms with Gasteiger partial charge in [0.2, 0.25) is 5.88 Å². The molecule has 0 aliphatic carbocycles. The number of allylic oxidation sites excluding steroid dienone is 1. The molecule has 1 aliphatic heterocycles. The topological polar surface area (TPSA) is 104 Å². The lowest BCUT2D eigenvalue weighted by Crippen LogP contribution is -1.99. The summed E-state index contributed by atoms with van der Waals surface area (Å²) >= 11 is 6.55. The summed E-state index contributed by atoms with van der Waals surface area (Å²) in [5, 5.41) is 29.7. The summed E-state index contributed by atoms with van der Waals surface area (Å²) in [4.78, 5) is 16.0. The third-order valence-corrected chi connectivity index (χ3v) is 5.74. The Kier molecular flexibility index (Phi) is 4.69. The molecule has 1 aliphatic rings. The average molecular weight is 426 g/mol. The van der Waals surface area contributed by atoms with E-state index in [2.05, 4.69) is 4.99 Å². The molecule has 7 nitrogen and oxygen atoms in total. The SMILES string of the molecule is COc1ccc2c(c1)N=C/C2=C\c1sc(=S)n(-c2ccc(C(=O)O)c(O)c2)c1O. The van der Waals surface area contributed by atoms with Crippen LogP contribution in [0.1, 0.15) is 20.8 Å². The van der Waals surface area contributed by atoms with Crippen LogP contribution in [0.3, 0.4) is 0 Å². The molecule has 9 heteroatoms. The van der Waals surface area contributed by atoms with E-state index in [1.54, 1.807) is 19.4 Å². The minimum absolute atomic E-state index is 0.106. The molecular formula is C20H14N2O5S2. The number of thiazole rings is 1. The fraction of sp³-hybridized carbons (Fsp3) is 0.0500. The molecule has 2 heterocycles. The van der Waals surface area contributed by atoms with E-state index in [0.717, 1.165) is 16.8 Å². The second-order valence-corrected chi connectivity index (χ2v) is 7.81. The summed E-state index contributed by atoms with van der Waals surface area (Å²) in [6, 6.07) is 9.54. The van der Waals surface area contributed by atoms with E-state index >= 15 is 0 Å². The van der Waals surface area contributed by atoms with E-state index in [4.69, 9.17) is 22.1 Å². The molecule has 0 saturated heterocycles. The van der Waals surface area contributed by atoms with Gasteiger partial charge in [0.25, 0.3) is 0 Å². The summed E-state index contributed by atoms with van der Waals surface area (Å²) in [6.07, 6.45) is 3.48. The van der Waals surface area contributed by atoms with E-state index in [-0.39, 0.29) is 11.4 Å². The van der Waals surface area contributed by atoms with Gasteiger partial charge in [0.1, 0.15) is 17.1 Å². The monoisotopic (exact) mass is 426 g/mol. The Morgan fingerprint density at radius 2 is 2.03 bits per heavy atom. The van der Waals surface area contributed by atoms with Crippen molar-refractivity contribution in [2.45, 2.75) is 0 Å². The van der Waals surface area contributed by atoms with Crippen molar-refractivity contribution in [3.8, 4) is 23.1 Å². The van der Waals surface area contributed by atoms with Crippen molar-refractivity contribution in [2.24, 2.45) is 4.99 Å². The van der Waals surface area contributed by atoms with Crippen LogP contribution in [-0.4, -0.2) is 39.2 Å². The molecule has 0 radical (unpaired) electrons. The first kappa shape index (κ1) is 18.9. The van der Waals surface area contributed by atoms with Crippen molar-refractivity contribution >= 4 is 53.1 Å². The van der Waals surface area contributed by atoms with Crippen LogP contribution in [0, 0.1) is 3.95 Å². The van der Waals surface area contributed by atoms with E-state index in [1.165, 1.54) is 34.1 Å². The highest BCUT2D eigenvalue weighted by Gasteiger charge is 2.18. The number of phenols is 1. The maximum atomic E-state index is 11.1. The molecule has 0 fully saturated rings. The quantitative estimate of drug-likeness (QED) is 0.525. The predicted molar refractivity (Wildman–Crippen MR) is 114 cm³/mol. The molecule has 0 unspecified atom stereocenters. The maximum absolute atomic E-state index is 11.1. The van der Waals surface area contributed by atoms with Crippen LogP contribution in [-0.2, 0) is 0 Å². The molecule has 4 rings (SSSR count). The van der Waals surface area contributed by atoms with Gasteiger partial charge in [0.05, 0.1) is 23.4 Å². The standard InChI is InChI=1S/C20H14N2O5S2/c1-27-12-3-5-13-10(9-21-15(13)8-12)6-17-18(24)22(20(28)29-17)11-2-4-14(19(25)26)16(23)7-11/h2-9,23-24H,1H3,(H,25,26)/b10-6+. The molecule has 0 amide bonds. The Hall–Kier alpha value is -3.43. The smallest absolute Gasteiger partial charge is 0.339 e. The third kappa shape index (κ3) is 3.30. The maximum Gasteiger partial charge on any atom is 0.339 e. The first-order valence-corrected chi connectivity index (χ1v) is 9.57. The van der Waals surface area contributed by atoms with Crippen LogP contribution in [0.4, 0.5) is 5.69 Å². The van der Waals surface area contributed by atoms with Gasteiger partial charge in [-0.25, -0.2) is 4.79 Å². The number of carboxylic acids is 1. The summed E-state index contributed by atoms with van der Waals surface area (Å²) < 4.78 is 6.93. The van der Waals surface area contributed by atoms with Crippen molar-refractivity contribution in [1.82, 2.24) is 4.57 Å². The number of aromatic hydroxyl groups is 2. The number of aromatic carboxylic acids is 1. The Morgan fingerprint density at radius 1 is 1.24 bits per heavy atom.